The van der Waals surface area contributed by atoms with Crippen LogP contribution in [0.2, 0.25) is 0 Å². The number of nitrogens with zero attached hydrogens (tertiary/aromatic N) is 3. The van der Waals surface area contributed by atoms with Gasteiger partial charge in [-0.25, -0.2) is 0 Å². The molecule has 0 aliphatic carbocycles. The zero-order valence-corrected chi connectivity index (χ0v) is 14.1. The monoisotopic (exact) mass is 321 g/mol. The van der Waals surface area contributed by atoms with Crippen LogP contribution in [-0.4, -0.2) is 36.1 Å². The molecule has 0 radical (unpaired) electrons. The zero-order valence-electron chi connectivity index (χ0n) is 14.1. The van der Waals surface area contributed by atoms with Crippen molar-refractivity contribution in [3.05, 3.63) is 59.7 Å². The van der Waals surface area contributed by atoms with Gasteiger partial charge in [0.2, 0.25) is 0 Å². The van der Waals surface area contributed by atoms with Crippen molar-refractivity contribution in [2.45, 2.75) is 19.9 Å². The highest BCUT2D eigenvalue weighted by atomic mass is 16.4. The van der Waals surface area contributed by atoms with E-state index in [1.807, 2.05) is 6.07 Å². The van der Waals surface area contributed by atoms with Crippen LogP contribution in [0.3, 0.4) is 0 Å². The Kier molecular flexibility index (Phi) is 4.22. The molecule has 1 aromatic heterocycles. The molecule has 124 valence electrons. The highest BCUT2D eigenvalue weighted by molar-refractivity contribution is 5.75. The maximum Gasteiger partial charge on any atom is 0.298 e. The van der Waals surface area contributed by atoms with Gasteiger partial charge in [0, 0.05) is 32.7 Å². The van der Waals surface area contributed by atoms with Crippen LogP contribution in [0.25, 0.3) is 11.1 Å². The molecule has 1 aliphatic rings. The minimum Gasteiger partial charge on any atom is -0.423 e. The van der Waals surface area contributed by atoms with Crippen LogP contribution in [0.4, 0.5) is 6.01 Å². The first-order valence-electron chi connectivity index (χ1n) is 8.66. The highest BCUT2D eigenvalue weighted by Crippen LogP contribution is 2.24. The predicted octanol–water partition coefficient (Wildman–Crippen LogP) is 3.85. The molecule has 1 saturated heterocycles. The van der Waals surface area contributed by atoms with Crippen molar-refractivity contribution in [2.24, 2.45) is 0 Å². The summed E-state index contributed by atoms with van der Waals surface area (Å²) in [6.07, 6.45) is 1.13. The molecule has 0 amide bonds. The first-order chi connectivity index (χ1) is 11.8. The van der Waals surface area contributed by atoms with Crippen LogP contribution in [0.15, 0.2) is 52.9 Å². The van der Waals surface area contributed by atoms with Crippen LogP contribution in [0.5, 0.6) is 0 Å². The molecule has 0 unspecified atom stereocenters. The Hall–Kier alpha value is -2.33. The molecule has 1 fully saturated rings. The molecule has 2 heterocycles. The molecule has 0 saturated carbocycles. The van der Waals surface area contributed by atoms with Gasteiger partial charge in [-0.15, -0.1) is 0 Å². The molecule has 4 rings (SSSR count). The summed E-state index contributed by atoms with van der Waals surface area (Å²) in [6, 6.07) is 17.6. The largest absolute Gasteiger partial charge is 0.423 e. The maximum atomic E-state index is 5.97. The molecule has 1 aliphatic heterocycles. The average Bonchev–Trinajstić information content (AvgIpc) is 2.87. The third-order valence-corrected chi connectivity index (χ3v) is 4.64. The Bertz CT molecular complexity index is 812. The summed E-state index contributed by atoms with van der Waals surface area (Å²) in [5.74, 6) is 0. The summed E-state index contributed by atoms with van der Waals surface area (Å²) >= 11 is 0. The van der Waals surface area contributed by atoms with Gasteiger partial charge in [0.1, 0.15) is 5.52 Å². The summed E-state index contributed by atoms with van der Waals surface area (Å²) in [4.78, 5) is 9.48. The van der Waals surface area contributed by atoms with Gasteiger partial charge >= 0.3 is 0 Å². The number of aryl methyl sites for hydroxylation is 1. The average molecular weight is 321 g/mol. The summed E-state index contributed by atoms with van der Waals surface area (Å²) in [7, 11) is 0. The molecule has 4 nitrogen and oxygen atoms in total. The van der Waals surface area contributed by atoms with Crippen molar-refractivity contribution in [1.82, 2.24) is 9.88 Å². The van der Waals surface area contributed by atoms with E-state index in [1.54, 1.807) is 0 Å². The second-order valence-electron chi connectivity index (χ2n) is 6.57. The van der Waals surface area contributed by atoms with Gasteiger partial charge in [-0.05, 0) is 36.6 Å². The molecular formula is C20H23N3O. The number of benzene rings is 2. The fourth-order valence-electron chi connectivity index (χ4n) is 3.32. The number of oxazole rings is 1. The van der Waals surface area contributed by atoms with Crippen molar-refractivity contribution in [1.29, 1.82) is 0 Å². The van der Waals surface area contributed by atoms with E-state index >= 15 is 0 Å². The predicted molar refractivity (Wildman–Crippen MR) is 97.3 cm³/mol. The van der Waals surface area contributed by atoms with Crippen molar-refractivity contribution < 1.29 is 4.42 Å². The fourth-order valence-corrected chi connectivity index (χ4v) is 3.32. The first-order valence-corrected chi connectivity index (χ1v) is 8.66. The smallest absolute Gasteiger partial charge is 0.298 e. The summed E-state index contributed by atoms with van der Waals surface area (Å²) < 4.78 is 5.97. The van der Waals surface area contributed by atoms with Gasteiger partial charge in [0.25, 0.3) is 6.01 Å². The Balaban J connectivity index is 1.45. The number of rotatable bonds is 3. The molecule has 0 N–H and O–H groups in total. The van der Waals surface area contributed by atoms with Crippen LogP contribution in [-0.2, 0) is 6.54 Å². The van der Waals surface area contributed by atoms with Gasteiger partial charge in [0.15, 0.2) is 5.58 Å². The molecule has 0 bridgehead atoms. The van der Waals surface area contributed by atoms with Gasteiger partial charge in [-0.1, -0.05) is 36.4 Å². The highest BCUT2D eigenvalue weighted by Gasteiger charge is 2.19. The summed E-state index contributed by atoms with van der Waals surface area (Å²) in [5.41, 5.74) is 4.42. The molecule has 0 atom stereocenters. The van der Waals surface area contributed by atoms with E-state index in [-0.39, 0.29) is 0 Å². The lowest BCUT2D eigenvalue weighted by Crippen LogP contribution is -2.30. The van der Waals surface area contributed by atoms with Crippen LogP contribution < -0.4 is 4.90 Å². The number of hydrogen-bond donors (Lipinski definition) is 0. The Labute approximate surface area is 142 Å². The van der Waals surface area contributed by atoms with Gasteiger partial charge in [-0.2, -0.15) is 4.98 Å². The maximum absolute atomic E-state index is 5.97. The molecule has 2 aromatic carbocycles. The fraction of sp³-hybridized carbons (Fsp3) is 0.350. The van der Waals surface area contributed by atoms with E-state index < -0.39 is 0 Å². The summed E-state index contributed by atoms with van der Waals surface area (Å²) in [6.45, 7) is 7.20. The van der Waals surface area contributed by atoms with Gasteiger partial charge in [-0.3, -0.25) is 4.90 Å². The van der Waals surface area contributed by atoms with E-state index in [9.17, 15) is 0 Å². The first kappa shape index (κ1) is 15.2. The molecule has 24 heavy (non-hydrogen) atoms. The number of aromatic nitrogens is 1. The molecule has 3 aromatic rings. The van der Waals surface area contributed by atoms with Crippen molar-refractivity contribution in [3.63, 3.8) is 0 Å². The van der Waals surface area contributed by atoms with E-state index in [0.29, 0.717) is 0 Å². The van der Waals surface area contributed by atoms with Crippen LogP contribution >= 0.6 is 0 Å². The topological polar surface area (TPSA) is 32.5 Å². The van der Waals surface area contributed by atoms with E-state index in [0.717, 1.165) is 56.3 Å². The zero-order chi connectivity index (χ0) is 16.4. The number of anilines is 1. The molecular weight excluding hydrogens is 298 g/mol. The summed E-state index contributed by atoms with van der Waals surface area (Å²) in [5, 5.41) is 0. The Morgan fingerprint density at radius 3 is 2.75 bits per heavy atom. The lowest BCUT2D eigenvalue weighted by molar-refractivity contribution is 0.285. The third-order valence-electron chi connectivity index (χ3n) is 4.64. The SMILES string of the molecule is Cc1ccc2oc(N3CCCN(Cc4ccccc4)CC3)nc2c1. The Morgan fingerprint density at radius 1 is 1.00 bits per heavy atom. The van der Waals surface area contributed by atoms with E-state index in [4.69, 9.17) is 4.42 Å². The Morgan fingerprint density at radius 2 is 1.88 bits per heavy atom. The van der Waals surface area contributed by atoms with Gasteiger partial charge in [0.05, 0.1) is 0 Å². The lowest BCUT2D eigenvalue weighted by atomic mass is 10.2. The van der Waals surface area contributed by atoms with Crippen molar-refractivity contribution >= 4 is 17.1 Å². The van der Waals surface area contributed by atoms with Crippen LogP contribution in [0, 0.1) is 6.92 Å². The molecule has 0 spiro atoms. The van der Waals surface area contributed by atoms with Crippen molar-refractivity contribution in [2.75, 3.05) is 31.1 Å². The molecule has 4 heteroatoms. The third kappa shape index (κ3) is 3.29. The lowest BCUT2D eigenvalue weighted by Gasteiger charge is -2.20. The minimum atomic E-state index is 0.761. The second-order valence-corrected chi connectivity index (χ2v) is 6.57. The van der Waals surface area contributed by atoms with Crippen molar-refractivity contribution in [3.8, 4) is 0 Å². The number of hydrogen-bond acceptors (Lipinski definition) is 4. The standard InChI is InChI=1S/C20H23N3O/c1-16-8-9-19-18(14-16)21-20(24-19)23-11-5-10-22(12-13-23)15-17-6-3-2-4-7-17/h2-4,6-9,14H,5,10-13,15H2,1H3. The van der Waals surface area contributed by atoms with Crippen LogP contribution in [0.1, 0.15) is 17.5 Å². The van der Waals surface area contributed by atoms with Gasteiger partial charge < -0.3 is 9.32 Å². The normalized spacial score (nSPS) is 16.5. The second kappa shape index (κ2) is 6.65. The van der Waals surface area contributed by atoms with E-state index in [1.165, 1.54) is 11.1 Å². The minimum absolute atomic E-state index is 0.761. The van der Waals surface area contributed by atoms with E-state index in [2.05, 4.69) is 64.2 Å². The number of fused-ring (bicyclic) bond motifs is 1. The quantitative estimate of drug-likeness (QED) is 0.733.